The Morgan fingerprint density at radius 2 is 1.69 bits per heavy atom. The van der Waals surface area contributed by atoms with E-state index in [1.54, 1.807) is 0 Å². The molecule has 1 N–H and O–H groups in total. The lowest BCUT2D eigenvalue weighted by Crippen LogP contribution is -2.43. The van der Waals surface area contributed by atoms with Crippen LogP contribution in [0.2, 0.25) is 0 Å². The molecule has 0 radical (unpaired) electrons. The summed E-state index contributed by atoms with van der Waals surface area (Å²) >= 11 is 0. The SMILES string of the molecule is CC(C)COC[C@H](O)CN(CCN1CCOCC1)Cc1c(-c2ccccc2)noc1N1CCOCC1. The molecule has 200 valence electrons. The van der Waals surface area contributed by atoms with E-state index >= 15 is 0 Å². The topological polar surface area (TPSA) is 83.7 Å². The molecule has 2 aliphatic heterocycles. The first kappa shape index (κ1) is 27.0. The van der Waals surface area contributed by atoms with Crippen molar-refractivity contribution in [1.82, 2.24) is 15.0 Å². The molecule has 2 fully saturated rings. The molecule has 36 heavy (non-hydrogen) atoms. The summed E-state index contributed by atoms with van der Waals surface area (Å²) in [4.78, 5) is 6.95. The van der Waals surface area contributed by atoms with E-state index in [4.69, 9.17) is 18.7 Å². The van der Waals surface area contributed by atoms with Crippen LogP contribution < -0.4 is 4.90 Å². The first-order chi connectivity index (χ1) is 17.6. The van der Waals surface area contributed by atoms with E-state index in [9.17, 15) is 5.11 Å². The second-order valence-corrected chi connectivity index (χ2v) is 10.1. The molecule has 2 aromatic rings. The zero-order valence-electron chi connectivity index (χ0n) is 21.8. The van der Waals surface area contributed by atoms with Crippen molar-refractivity contribution < 1.29 is 23.8 Å². The largest absolute Gasteiger partial charge is 0.389 e. The zero-order valence-corrected chi connectivity index (χ0v) is 21.8. The van der Waals surface area contributed by atoms with E-state index < -0.39 is 6.10 Å². The average Bonchev–Trinajstić information content (AvgIpc) is 3.32. The number of ether oxygens (including phenoxy) is 3. The maximum Gasteiger partial charge on any atom is 0.232 e. The molecular weight excluding hydrogens is 460 g/mol. The van der Waals surface area contributed by atoms with Crippen molar-refractivity contribution in [2.24, 2.45) is 5.92 Å². The number of morpholine rings is 2. The highest BCUT2D eigenvalue weighted by molar-refractivity contribution is 5.68. The molecule has 0 bridgehead atoms. The van der Waals surface area contributed by atoms with Crippen LogP contribution in [-0.4, -0.2) is 112 Å². The molecule has 1 atom stereocenters. The smallest absolute Gasteiger partial charge is 0.232 e. The second-order valence-electron chi connectivity index (χ2n) is 10.1. The summed E-state index contributed by atoms with van der Waals surface area (Å²) in [6.07, 6.45) is -0.569. The Balaban J connectivity index is 1.53. The van der Waals surface area contributed by atoms with Gasteiger partial charge in [-0.05, 0) is 5.92 Å². The van der Waals surface area contributed by atoms with Gasteiger partial charge in [-0.2, -0.15) is 0 Å². The number of aliphatic hydroxyl groups is 1. The minimum absolute atomic E-state index is 0.331. The van der Waals surface area contributed by atoms with Gasteiger partial charge in [-0.3, -0.25) is 9.80 Å². The second kappa shape index (κ2) is 14.1. The number of aromatic nitrogens is 1. The Bertz CT molecular complexity index is 882. The summed E-state index contributed by atoms with van der Waals surface area (Å²) in [6.45, 7) is 14.4. The molecular formula is C27H42N4O5. The van der Waals surface area contributed by atoms with Gasteiger partial charge in [0, 0.05) is 64.5 Å². The Morgan fingerprint density at radius 3 is 2.39 bits per heavy atom. The van der Waals surface area contributed by atoms with Crippen LogP contribution >= 0.6 is 0 Å². The van der Waals surface area contributed by atoms with Crippen molar-refractivity contribution in [2.75, 3.05) is 90.4 Å². The normalized spacial score (nSPS) is 18.3. The molecule has 0 spiro atoms. The standard InChI is InChI=1S/C27H42N4O5/c1-22(2)20-35-21-24(32)18-30(9-8-29-10-14-33-15-11-29)19-25-26(23-6-4-3-5-7-23)28-36-27(25)31-12-16-34-17-13-31/h3-7,22,24,32H,8-21H2,1-2H3/t24-/m1/s1. The molecule has 2 saturated heterocycles. The Morgan fingerprint density at radius 1 is 1.00 bits per heavy atom. The minimum Gasteiger partial charge on any atom is -0.389 e. The highest BCUT2D eigenvalue weighted by Crippen LogP contribution is 2.33. The molecule has 2 aliphatic rings. The summed E-state index contributed by atoms with van der Waals surface area (Å²) < 4.78 is 22.8. The van der Waals surface area contributed by atoms with Crippen molar-refractivity contribution in [2.45, 2.75) is 26.5 Å². The van der Waals surface area contributed by atoms with Crippen LogP contribution in [0.15, 0.2) is 34.9 Å². The van der Waals surface area contributed by atoms with Crippen molar-refractivity contribution in [3.05, 3.63) is 35.9 Å². The highest BCUT2D eigenvalue weighted by atomic mass is 16.5. The Kier molecular flexibility index (Phi) is 10.6. The van der Waals surface area contributed by atoms with E-state index in [-0.39, 0.29) is 0 Å². The van der Waals surface area contributed by atoms with Gasteiger partial charge in [0.2, 0.25) is 5.88 Å². The maximum atomic E-state index is 10.8. The monoisotopic (exact) mass is 502 g/mol. The van der Waals surface area contributed by atoms with Crippen LogP contribution in [0.4, 0.5) is 5.88 Å². The van der Waals surface area contributed by atoms with Gasteiger partial charge >= 0.3 is 0 Å². The van der Waals surface area contributed by atoms with Gasteiger partial charge in [0.1, 0.15) is 5.69 Å². The predicted molar refractivity (Wildman–Crippen MR) is 139 cm³/mol. The van der Waals surface area contributed by atoms with E-state index in [0.717, 1.165) is 75.2 Å². The quantitative estimate of drug-likeness (QED) is 0.444. The summed E-state index contributed by atoms with van der Waals surface area (Å²) in [5.74, 6) is 1.25. The number of nitrogens with zero attached hydrogens (tertiary/aromatic N) is 4. The molecule has 0 amide bonds. The third-order valence-corrected chi connectivity index (χ3v) is 6.56. The molecule has 1 aromatic carbocycles. The lowest BCUT2D eigenvalue weighted by Gasteiger charge is -2.32. The predicted octanol–water partition coefficient (Wildman–Crippen LogP) is 2.35. The van der Waals surface area contributed by atoms with E-state index in [0.29, 0.717) is 45.4 Å². The van der Waals surface area contributed by atoms with Crippen LogP contribution in [0.5, 0.6) is 0 Å². The molecule has 0 unspecified atom stereocenters. The third-order valence-electron chi connectivity index (χ3n) is 6.56. The van der Waals surface area contributed by atoms with Crippen molar-refractivity contribution in [3.8, 4) is 11.3 Å². The summed E-state index contributed by atoms with van der Waals surface area (Å²) in [7, 11) is 0. The van der Waals surface area contributed by atoms with Crippen molar-refractivity contribution >= 4 is 5.88 Å². The molecule has 1 aromatic heterocycles. The fraction of sp³-hybridized carbons (Fsp3) is 0.667. The maximum absolute atomic E-state index is 10.8. The van der Waals surface area contributed by atoms with Gasteiger partial charge in [0.15, 0.2) is 0 Å². The lowest BCUT2D eigenvalue weighted by atomic mass is 10.1. The van der Waals surface area contributed by atoms with Gasteiger partial charge in [-0.1, -0.05) is 49.3 Å². The molecule has 3 heterocycles. The van der Waals surface area contributed by atoms with Crippen LogP contribution in [0.3, 0.4) is 0 Å². The van der Waals surface area contributed by atoms with E-state index in [2.05, 4.69) is 45.8 Å². The lowest BCUT2D eigenvalue weighted by molar-refractivity contribution is 0.000966. The van der Waals surface area contributed by atoms with Gasteiger partial charge in [0.25, 0.3) is 0 Å². The molecule has 4 rings (SSSR count). The fourth-order valence-electron chi connectivity index (χ4n) is 4.64. The van der Waals surface area contributed by atoms with Gasteiger partial charge in [0.05, 0.1) is 44.7 Å². The molecule has 0 saturated carbocycles. The fourth-order valence-corrected chi connectivity index (χ4v) is 4.64. The average molecular weight is 503 g/mol. The van der Waals surface area contributed by atoms with Gasteiger partial charge < -0.3 is 28.7 Å². The first-order valence-electron chi connectivity index (χ1n) is 13.2. The number of rotatable bonds is 13. The Labute approximate surface area is 214 Å². The number of hydrogen-bond donors (Lipinski definition) is 1. The van der Waals surface area contributed by atoms with Crippen molar-refractivity contribution in [1.29, 1.82) is 0 Å². The van der Waals surface area contributed by atoms with E-state index in [1.807, 2.05) is 18.2 Å². The zero-order chi connectivity index (χ0) is 25.2. The van der Waals surface area contributed by atoms with Crippen LogP contribution in [0.1, 0.15) is 19.4 Å². The number of anilines is 1. The number of benzene rings is 1. The number of aliphatic hydroxyl groups excluding tert-OH is 1. The molecule has 9 heteroatoms. The Hall–Kier alpha value is -2.01. The van der Waals surface area contributed by atoms with Crippen LogP contribution in [0.25, 0.3) is 11.3 Å². The molecule has 0 aliphatic carbocycles. The van der Waals surface area contributed by atoms with Crippen molar-refractivity contribution in [3.63, 3.8) is 0 Å². The summed E-state index contributed by atoms with van der Waals surface area (Å²) in [5.41, 5.74) is 2.95. The van der Waals surface area contributed by atoms with Crippen LogP contribution in [-0.2, 0) is 20.8 Å². The van der Waals surface area contributed by atoms with Gasteiger partial charge in [-0.15, -0.1) is 0 Å². The highest BCUT2D eigenvalue weighted by Gasteiger charge is 2.27. The summed E-state index contributed by atoms with van der Waals surface area (Å²) in [5, 5.41) is 15.4. The first-order valence-corrected chi connectivity index (χ1v) is 13.2. The minimum atomic E-state index is -0.569. The summed E-state index contributed by atoms with van der Waals surface area (Å²) in [6, 6.07) is 10.2. The number of hydrogen-bond acceptors (Lipinski definition) is 9. The third kappa shape index (κ3) is 7.99. The van der Waals surface area contributed by atoms with E-state index in [1.165, 1.54) is 0 Å². The van der Waals surface area contributed by atoms with Crippen LogP contribution in [0, 0.1) is 5.92 Å². The molecule has 9 nitrogen and oxygen atoms in total. The van der Waals surface area contributed by atoms with Gasteiger partial charge in [-0.25, -0.2) is 0 Å².